The SMILES string of the molecule is NCc1ccc(C(N)c2ccccn2)cc1. The molecule has 4 N–H and O–H groups in total. The van der Waals surface area contributed by atoms with Gasteiger partial charge in [0.15, 0.2) is 0 Å². The van der Waals surface area contributed by atoms with Crippen molar-refractivity contribution in [1.29, 1.82) is 0 Å². The van der Waals surface area contributed by atoms with Gasteiger partial charge in [0.2, 0.25) is 0 Å². The standard InChI is InChI=1S/C13H15N3/c14-9-10-4-6-11(7-5-10)13(15)12-3-1-2-8-16-12/h1-8,13H,9,14-15H2. The first-order valence-corrected chi connectivity index (χ1v) is 5.26. The third-order valence-electron chi connectivity index (χ3n) is 2.58. The van der Waals surface area contributed by atoms with Gasteiger partial charge < -0.3 is 11.5 Å². The third kappa shape index (κ3) is 2.27. The highest BCUT2D eigenvalue weighted by Crippen LogP contribution is 2.17. The van der Waals surface area contributed by atoms with Crippen molar-refractivity contribution in [3.05, 3.63) is 65.5 Å². The Bertz CT molecular complexity index is 436. The van der Waals surface area contributed by atoms with Gasteiger partial charge >= 0.3 is 0 Å². The molecule has 16 heavy (non-hydrogen) atoms. The maximum atomic E-state index is 6.11. The molecular formula is C13H15N3. The predicted molar refractivity (Wildman–Crippen MR) is 64.6 cm³/mol. The molecule has 0 aliphatic heterocycles. The van der Waals surface area contributed by atoms with Gasteiger partial charge in [0.05, 0.1) is 11.7 Å². The van der Waals surface area contributed by atoms with Crippen LogP contribution in [0.2, 0.25) is 0 Å². The zero-order valence-corrected chi connectivity index (χ0v) is 9.01. The first-order chi connectivity index (χ1) is 7.81. The van der Waals surface area contributed by atoms with Gasteiger partial charge in [-0.1, -0.05) is 30.3 Å². The van der Waals surface area contributed by atoms with E-state index in [2.05, 4.69) is 4.98 Å². The molecule has 0 saturated heterocycles. The van der Waals surface area contributed by atoms with Gasteiger partial charge in [-0.15, -0.1) is 0 Å². The van der Waals surface area contributed by atoms with E-state index >= 15 is 0 Å². The zero-order valence-electron chi connectivity index (χ0n) is 9.01. The van der Waals surface area contributed by atoms with Crippen LogP contribution in [0.5, 0.6) is 0 Å². The lowest BCUT2D eigenvalue weighted by molar-refractivity contribution is 0.827. The zero-order chi connectivity index (χ0) is 11.4. The van der Waals surface area contributed by atoms with Crippen molar-refractivity contribution in [3.63, 3.8) is 0 Å². The Morgan fingerprint density at radius 2 is 1.81 bits per heavy atom. The van der Waals surface area contributed by atoms with Crippen LogP contribution in [0.1, 0.15) is 22.9 Å². The maximum Gasteiger partial charge on any atom is 0.0726 e. The van der Waals surface area contributed by atoms with Crippen LogP contribution in [0.15, 0.2) is 48.7 Å². The number of nitrogens with two attached hydrogens (primary N) is 2. The van der Waals surface area contributed by atoms with Crippen LogP contribution in [-0.4, -0.2) is 4.98 Å². The Morgan fingerprint density at radius 1 is 1.06 bits per heavy atom. The largest absolute Gasteiger partial charge is 0.326 e. The van der Waals surface area contributed by atoms with E-state index in [1.807, 2.05) is 42.5 Å². The second-order valence-electron chi connectivity index (χ2n) is 3.68. The molecule has 3 heteroatoms. The van der Waals surface area contributed by atoms with Crippen molar-refractivity contribution in [3.8, 4) is 0 Å². The summed E-state index contributed by atoms with van der Waals surface area (Å²) in [4.78, 5) is 4.25. The normalized spacial score (nSPS) is 12.4. The van der Waals surface area contributed by atoms with E-state index < -0.39 is 0 Å². The van der Waals surface area contributed by atoms with E-state index in [0.29, 0.717) is 6.54 Å². The number of benzene rings is 1. The Labute approximate surface area is 95.1 Å². The number of hydrogen-bond donors (Lipinski definition) is 2. The molecule has 2 rings (SSSR count). The molecule has 0 spiro atoms. The van der Waals surface area contributed by atoms with E-state index in [9.17, 15) is 0 Å². The molecule has 3 nitrogen and oxygen atoms in total. The summed E-state index contributed by atoms with van der Waals surface area (Å²) in [5.41, 5.74) is 14.7. The number of nitrogens with zero attached hydrogens (tertiary/aromatic N) is 1. The number of pyridine rings is 1. The van der Waals surface area contributed by atoms with Crippen molar-refractivity contribution < 1.29 is 0 Å². The summed E-state index contributed by atoms with van der Waals surface area (Å²) in [7, 11) is 0. The van der Waals surface area contributed by atoms with Gasteiger partial charge in [-0.05, 0) is 23.3 Å². The van der Waals surface area contributed by atoms with Crippen molar-refractivity contribution >= 4 is 0 Å². The Kier molecular flexibility index (Phi) is 3.29. The summed E-state index contributed by atoms with van der Waals surface area (Å²) in [5.74, 6) is 0. The molecule has 0 aliphatic carbocycles. The topological polar surface area (TPSA) is 64.9 Å². The van der Waals surface area contributed by atoms with E-state index in [4.69, 9.17) is 11.5 Å². The van der Waals surface area contributed by atoms with Gasteiger partial charge in [-0.3, -0.25) is 4.98 Å². The van der Waals surface area contributed by atoms with Crippen LogP contribution in [0, 0.1) is 0 Å². The molecule has 0 fully saturated rings. The molecule has 1 heterocycles. The Morgan fingerprint density at radius 3 is 2.38 bits per heavy atom. The third-order valence-corrected chi connectivity index (χ3v) is 2.58. The molecule has 0 radical (unpaired) electrons. The lowest BCUT2D eigenvalue weighted by atomic mass is 10.0. The molecule has 0 amide bonds. The molecule has 1 aromatic heterocycles. The highest BCUT2D eigenvalue weighted by atomic mass is 14.8. The number of aromatic nitrogens is 1. The second kappa shape index (κ2) is 4.88. The Hall–Kier alpha value is -1.71. The fraction of sp³-hybridized carbons (Fsp3) is 0.154. The average Bonchev–Trinajstić information content (AvgIpc) is 2.39. The highest BCUT2D eigenvalue weighted by molar-refractivity contribution is 5.29. The molecule has 1 aromatic carbocycles. The van der Waals surface area contributed by atoms with E-state index in [1.165, 1.54) is 0 Å². The molecule has 82 valence electrons. The molecule has 2 aromatic rings. The highest BCUT2D eigenvalue weighted by Gasteiger charge is 2.08. The van der Waals surface area contributed by atoms with Crippen molar-refractivity contribution in [2.24, 2.45) is 11.5 Å². The van der Waals surface area contributed by atoms with E-state index in [1.54, 1.807) is 6.20 Å². The van der Waals surface area contributed by atoms with Gasteiger partial charge in [0.25, 0.3) is 0 Å². The van der Waals surface area contributed by atoms with Crippen LogP contribution in [0.4, 0.5) is 0 Å². The maximum absolute atomic E-state index is 6.11. The molecule has 0 saturated carbocycles. The molecular weight excluding hydrogens is 198 g/mol. The Balaban J connectivity index is 2.24. The van der Waals surface area contributed by atoms with Gasteiger partial charge in [-0.25, -0.2) is 0 Å². The van der Waals surface area contributed by atoms with Gasteiger partial charge in [0.1, 0.15) is 0 Å². The molecule has 0 bridgehead atoms. The van der Waals surface area contributed by atoms with E-state index in [0.717, 1.165) is 16.8 Å². The molecule has 1 atom stereocenters. The minimum absolute atomic E-state index is 0.173. The quantitative estimate of drug-likeness (QED) is 0.813. The first kappa shape index (κ1) is 10.8. The van der Waals surface area contributed by atoms with Crippen LogP contribution in [0.25, 0.3) is 0 Å². The van der Waals surface area contributed by atoms with Crippen LogP contribution >= 0.6 is 0 Å². The number of hydrogen-bond acceptors (Lipinski definition) is 3. The second-order valence-corrected chi connectivity index (χ2v) is 3.68. The fourth-order valence-electron chi connectivity index (χ4n) is 1.59. The summed E-state index contributed by atoms with van der Waals surface area (Å²) in [5, 5.41) is 0. The molecule has 0 aliphatic rings. The van der Waals surface area contributed by atoms with Crippen LogP contribution < -0.4 is 11.5 Å². The summed E-state index contributed by atoms with van der Waals surface area (Å²) >= 11 is 0. The van der Waals surface area contributed by atoms with Crippen molar-refractivity contribution in [2.75, 3.05) is 0 Å². The number of rotatable bonds is 3. The summed E-state index contributed by atoms with van der Waals surface area (Å²) in [6, 6.07) is 13.6. The summed E-state index contributed by atoms with van der Waals surface area (Å²) < 4.78 is 0. The molecule has 1 unspecified atom stereocenters. The summed E-state index contributed by atoms with van der Waals surface area (Å²) in [6.45, 7) is 0.555. The smallest absolute Gasteiger partial charge is 0.0726 e. The van der Waals surface area contributed by atoms with Crippen LogP contribution in [0.3, 0.4) is 0 Å². The van der Waals surface area contributed by atoms with Gasteiger partial charge in [-0.2, -0.15) is 0 Å². The van der Waals surface area contributed by atoms with Gasteiger partial charge in [0, 0.05) is 12.7 Å². The fourth-order valence-corrected chi connectivity index (χ4v) is 1.59. The monoisotopic (exact) mass is 213 g/mol. The minimum atomic E-state index is -0.173. The summed E-state index contributed by atoms with van der Waals surface area (Å²) in [6.07, 6.45) is 1.75. The first-order valence-electron chi connectivity index (χ1n) is 5.26. The van der Waals surface area contributed by atoms with Crippen molar-refractivity contribution in [1.82, 2.24) is 4.98 Å². The lowest BCUT2D eigenvalue weighted by Crippen LogP contribution is -2.13. The van der Waals surface area contributed by atoms with E-state index in [-0.39, 0.29) is 6.04 Å². The average molecular weight is 213 g/mol. The van der Waals surface area contributed by atoms with Crippen molar-refractivity contribution in [2.45, 2.75) is 12.6 Å². The minimum Gasteiger partial charge on any atom is -0.326 e. The van der Waals surface area contributed by atoms with Crippen LogP contribution in [-0.2, 0) is 6.54 Å². The predicted octanol–water partition coefficient (Wildman–Crippen LogP) is 1.59. The lowest BCUT2D eigenvalue weighted by Gasteiger charge is -2.11.